The Kier molecular flexibility index (Phi) is 4.43. The van der Waals surface area contributed by atoms with Crippen molar-refractivity contribution in [2.75, 3.05) is 13.7 Å². The molecule has 2 rings (SSSR count). The molecule has 4 heteroatoms. The fourth-order valence-electron chi connectivity index (χ4n) is 2.61. The number of nitrogens with zero attached hydrogens (tertiary/aromatic N) is 1. The summed E-state index contributed by atoms with van der Waals surface area (Å²) in [5.41, 5.74) is 0.647. The Morgan fingerprint density at radius 2 is 2.05 bits per heavy atom. The molecule has 1 amide bonds. The Morgan fingerprint density at radius 1 is 1.37 bits per heavy atom. The molecule has 0 unspecified atom stereocenters. The third kappa shape index (κ3) is 3.07. The minimum absolute atomic E-state index is 0.00625. The zero-order chi connectivity index (χ0) is 13.8. The first-order chi connectivity index (χ1) is 9.13. The molecule has 1 aromatic rings. The van der Waals surface area contributed by atoms with Crippen LogP contribution in [0, 0.1) is 0 Å². The topological polar surface area (TPSA) is 49.8 Å². The van der Waals surface area contributed by atoms with E-state index in [1.54, 1.807) is 43.2 Å². The Balaban J connectivity index is 2.16. The first-order valence-electron chi connectivity index (χ1n) is 6.76. The van der Waals surface area contributed by atoms with Crippen molar-refractivity contribution >= 4 is 5.91 Å². The van der Waals surface area contributed by atoms with Gasteiger partial charge in [0.05, 0.1) is 19.3 Å². The van der Waals surface area contributed by atoms with Gasteiger partial charge in [-0.25, -0.2) is 0 Å². The molecule has 0 aliphatic carbocycles. The van der Waals surface area contributed by atoms with Crippen LogP contribution in [-0.2, 0) is 0 Å². The molecule has 0 spiro atoms. The molecule has 2 atom stereocenters. The number of aliphatic hydroxyl groups is 1. The van der Waals surface area contributed by atoms with Crippen molar-refractivity contribution in [3.05, 3.63) is 29.8 Å². The minimum atomic E-state index is -0.484. The van der Waals surface area contributed by atoms with Crippen LogP contribution in [0.5, 0.6) is 5.75 Å². The molecule has 0 bridgehead atoms. The fourth-order valence-corrected chi connectivity index (χ4v) is 2.61. The minimum Gasteiger partial charge on any atom is -0.497 e. The number of amides is 1. The van der Waals surface area contributed by atoms with Crippen molar-refractivity contribution in [2.24, 2.45) is 0 Å². The molecule has 1 fully saturated rings. The zero-order valence-electron chi connectivity index (χ0n) is 11.5. The lowest BCUT2D eigenvalue weighted by molar-refractivity contribution is 0.0281. The first kappa shape index (κ1) is 13.9. The van der Waals surface area contributed by atoms with Crippen LogP contribution in [0.15, 0.2) is 24.3 Å². The Hall–Kier alpha value is -1.55. The number of hydrogen-bond donors (Lipinski definition) is 1. The molecule has 1 N–H and O–H groups in total. The van der Waals surface area contributed by atoms with Crippen LogP contribution >= 0.6 is 0 Å². The second kappa shape index (κ2) is 6.06. The van der Waals surface area contributed by atoms with Crippen LogP contribution in [0.25, 0.3) is 0 Å². The molecule has 4 nitrogen and oxygen atoms in total. The molecule has 1 aliphatic heterocycles. The van der Waals surface area contributed by atoms with Crippen LogP contribution < -0.4 is 4.74 Å². The zero-order valence-corrected chi connectivity index (χ0v) is 11.5. The predicted octanol–water partition coefficient (Wildman–Crippen LogP) is 2.07. The van der Waals surface area contributed by atoms with Gasteiger partial charge in [-0.1, -0.05) is 0 Å². The number of carbonyl (C=O) groups excluding carboxylic acids is 1. The summed E-state index contributed by atoms with van der Waals surface area (Å²) in [5, 5.41) is 9.81. The molecule has 0 radical (unpaired) electrons. The van der Waals surface area contributed by atoms with Gasteiger partial charge in [0, 0.05) is 12.1 Å². The number of hydrogen-bond acceptors (Lipinski definition) is 3. The highest BCUT2D eigenvalue weighted by Gasteiger charge is 2.30. The van der Waals surface area contributed by atoms with Gasteiger partial charge in [0.15, 0.2) is 0 Å². The molecular weight excluding hydrogens is 242 g/mol. The van der Waals surface area contributed by atoms with E-state index in [-0.39, 0.29) is 11.9 Å². The molecule has 104 valence electrons. The average Bonchev–Trinajstić information content (AvgIpc) is 2.46. The van der Waals surface area contributed by atoms with E-state index in [1.165, 1.54) is 0 Å². The summed E-state index contributed by atoms with van der Waals surface area (Å²) < 4.78 is 5.09. The van der Waals surface area contributed by atoms with Crippen LogP contribution in [0.3, 0.4) is 0 Å². The van der Waals surface area contributed by atoms with Gasteiger partial charge in [-0.15, -0.1) is 0 Å². The van der Waals surface area contributed by atoms with E-state index in [2.05, 4.69) is 0 Å². The number of rotatable bonds is 3. The van der Waals surface area contributed by atoms with Crippen molar-refractivity contribution in [1.82, 2.24) is 4.90 Å². The monoisotopic (exact) mass is 263 g/mol. The summed E-state index contributed by atoms with van der Waals surface area (Å²) in [6, 6.07) is 7.05. The molecule has 1 aromatic carbocycles. The van der Waals surface area contributed by atoms with E-state index in [0.29, 0.717) is 5.56 Å². The van der Waals surface area contributed by atoms with Gasteiger partial charge in [0.1, 0.15) is 5.75 Å². The maximum atomic E-state index is 12.5. The first-order valence-corrected chi connectivity index (χ1v) is 6.76. The van der Waals surface area contributed by atoms with Crippen molar-refractivity contribution < 1.29 is 14.6 Å². The third-order valence-corrected chi connectivity index (χ3v) is 3.70. The third-order valence-electron chi connectivity index (χ3n) is 3.70. The van der Waals surface area contributed by atoms with Gasteiger partial charge in [-0.05, 0) is 50.5 Å². The van der Waals surface area contributed by atoms with E-state index in [1.807, 2.05) is 0 Å². The van der Waals surface area contributed by atoms with Gasteiger partial charge in [0.25, 0.3) is 5.91 Å². The lowest BCUT2D eigenvalue weighted by atomic mass is 9.97. The van der Waals surface area contributed by atoms with E-state index < -0.39 is 6.10 Å². The number of methoxy groups -OCH3 is 1. The fraction of sp³-hybridized carbons (Fsp3) is 0.533. The van der Waals surface area contributed by atoms with Crippen LogP contribution in [0.2, 0.25) is 0 Å². The van der Waals surface area contributed by atoms with Crippen molar-refractivity contribution in [3.8, 4) is 5.75 Å². The van der Waals surface area contributed by atoms with Crippen LogP contribution in [0.1, 0.15) is 36.5 Å². The van der Waals surface area contributed by atoms with E-state index in [4.69, 9.17) is 4.74 Å². The van der Waals surface area contributed by atoms with E-state index in [9.17, 15) is 9.90 Å². The van der Waals surface area contributed by atoms with Gasteiger partial charge < -0.3 is 14.7 Å². The average molecular weight is 263 g/mol. The number of benzene rings is 1. The number of likely N-dealkylation sites (tertiary alicyclic amines) is 1. The number of carbonyl (C=O) groups is 1. The lowest BCUT2D eigenvalue weighted by Crippen LogP contribution is -2.48. The molecule has 1 heterocycles. The number of aliphatic hydroxyl groups excluding tert-OH is 1. The highest BCUT2D eigenvalue weighted by atomic mass is 16.5. The SMILES string of the molecule is COc1ccc(C(=O)N2CCCC[C@@H]2[C@@H](C)O)cc1. The molecule has 1 aliphatic rings. The Morgan fingerprint density at radius 3 is 2.63 bits per heavy atom. The molecular formula is C15H21NO3. The Labute approximate surface area is 114 Å². The maximum absolute atomic E-state index is 12.5. The summed E-state index contributed by atoms with van der Waals surface area (Å²) in [6.45, 7) is 2.48. The van der Waals surface area contributed by atoms with Gasteiger partial charge >= 0.3 is 0 Å². The second-order valence-corrected chi connectivity index (χ2v) is 5.03. The highest BCUT2D eigenvalue weighted by Crippen LogP contribution is 2.23. The van der Waals surface area contributed by atoms with Gasteiger partial charge in [-0.2, -0.15) is 0 Å². The van der Waals surface area contributed by atoms with Crippen molar-refractivity contribution in [2.45, 2.75) is 38.3 Å². The maximum Gasteiger partial charge on any atom is 0.254 e. The standard InChI is InChI=1S/C15H21NO3/c1-11(17)14-5-3-4-10-16(14)15(18)12-6-8-13(19-2)9-7-12/h6-9,11,14,17H,3-5,10H2,1-2H3/t11-,14-/m1/s1. The normalized spacial score (nSPS) is 21.0. The molecule has 0 aromatic heterocycles. The summed E-state index contributed by atoms with van der Waals surface area (Å²) in [7, 11) is 1.60. The summed E-state index contributed by atoms with van der Waals surface area (Å²) in [6.07, 6.45) is 2.47. The summed E-state index contributed by atoms with van der Waals surface area (Å²) in [5.74, 6) is 0.732. The van der Waals surface area contributed by atoms with E-state index in [0.717, 1.165) is 31.6 Å². The largest absolute Gasteiger partial charge is 0.497 e. The second-order valence-electron chi connectivity index (χ2n) is 5.03. The van der Waals surface area contributed by atoms with Crippen molar-refractivity contribution in [3.63, 3.8) is 0 Å². The van der Waals surface area contributed by atoms with Crippen molar-refractivity contribution in [1.29, 1.82) is 0 Å². The summed E-state index contributed by atoms with van der Waals surface area (Å²) >= 11 is 0. The summed E-state index contributed by atoms with van der Waals surface area (Å²) in [4.78, 5) is 14.3. The quantitative estimate of drug-likeness (QED) is 0.908. The van der Waals surface area contributed by atoms with Gasteiger partial charge in [0.2, 0.25) is 0 Å². The molecule has 1 saturated heterocycles. The predicted molar refractivity (Wildman–Crippen MR) is 73.4 cm³/mol. The highest BCUT2D eigenvalue weighted by molar-refractivity contribution is 5.94. The number of piperidine rings is 1. The van der Waals surface area contributed by atoms with Crippen LogP contribution in [0.4, 0.5) is 0 Å². The molecule has 19 heavy (non-hydrogen) atoms. The number of ether oxygens (including phenoxy) is 1. The Bertz CT molecular complexity index is 428. The van der Waals surface area contributed by atoms with E-state index >= 15 is 0 Å². The van der Waals surface area contributed by atoms with Crippen LogP contribution in [-0.4, -0.2) is 41.7 Å². The lowest BCUT2D eigenvalue weighted by Gasteiger charge is -2.37. The molecule has 0 saturated carbocycles. The smallest absolute Gasteiger partial charge is 0.254 e. The van der Waals surface area contributed by atoms with Gasteiger partial charge in [-0.3, -0.25) is 4.79 Å².